The van der Waals surface area contributed by atoms with Crippen LogP contribution in [0.25, 0.3) is 10.9 Å². The summed E-state index contributed by atoms with van der Waals surface area (Å²) < 4.78 is 111. The molecule has 0 aliphatic carbocycles. The number of aliphatic carboxylic acids is 1. The number of primary sulfonamides is 1. The highest BCUT2D eigenvalue weighted by Gasteiger charge is 2.55. The number of aromatic nitrogens is 2. The number of rotatable bonds is 11. The maximum absolute atomic E-state index is 15.1. The van der Waals surface area contributed by atoms with Crippen LogP contribution in [0.2, 0.25) is 0 Å². The van der Waals surface area contributed by atoms with Crippen LogP contribution in [0.5, 0.6) is 6.01 Å². The molecule has 0 unspecified atom stereocenters. The van der Waals surface area contributed by atoms with Crippen molar-refractivity contribution in [1.82, 2.24) is 9.97 Å². The lowest BCUT2D eigenvalue weighted by Crippen LogP contribution is -2.21. The lowest BCUT2D eigenvalue weighted by molar-refractivity contribution is -0.192. The van der Waals surface area contributed by atoms with Gasteiger partial charge in [0.25, 0.3) is 0 Å². The lowest BCUT2D eigenvalue weighted by atomic mass is 10.1. The number of hydrogen-bond acceptors (Lipinski definition) is 9. The van der Waals surface area contributed by atoms with Gasteiger partial charge in [-0.15, -0.1) is 0 Å². The Morgan fingerprint density at radius 2 is 1.70 bits per heavy atom. The second-order valence-corrected chi connectivity index (χ2v) is 11.5. The van der Waals surface area contributed by atoms with Crippen molar-refractivity contribution in [2.75, 3.05) is 25.6 Å². The molecule has 0 saturated carbocycles. The highest BCUT2D eigenvalue weighted by Crippen LogP contribution is 2.67. The molecule has 1 aromatic heterocycles. The number of hydrogen-bond donors (Lipinski definition) is 2. The molecule has 37 heavy (non-hydrogen) atoms. The van der Waals surface area contributed by atoms with Gasteiger partial charge in [-0.1, -0.05) is 15.9 Å². The van der Waals surface area contributed by atoms with Crippen LogP contribution in [0.15, 0.2) is 22.8 Å². The van der Waals surface area contributed by atoms with Crippen LogP contribution in [0.1, 0.15) is 25.8 Å². The molecule has 1 aromatic carbocycles. The molecule has 0 aliphatic rings. The van der Waals surface area contributed by atoms with Crippen LogP contribution in [0.3, 0.4) is 0 Å². The average molecular weight is 646 g/mol. The number of nitrogens with zero attached hydrogens (tertiary/aromatic N) is 2. The smallest absolute Gasteiger partial charge is 0.475 e. The zero-order chi connectivity index (χ0) is 28.7. The number of ether oxygens (including phenoxy) is 1. The van der Waals surface area contributed by atoms with Crippen LogP contribution < -0.4 is 9.88 Å². The van der Waals surface area contributed by atoms with Crippen LogP contribution in [-0.2, 0) is 34.1 Å². The Labute approximate surface area is 216 Å². The van der Waals surface area contributed by atoms with E-state index < -0.39 is 41.0 Å². The molecule has 11 nitrogen and oxygen atoms in total. The summed E-state index contributed by atoms with van der Waals surface area (Å²) in [5.41, 5.74) is -4.48. The van der Waals surface area contributed by atoms with Crippen LogP contribution in [0, 0.1) is 0 Å². The molecule has 210 valence electrons. The van der Waals surface area contributed by atoms with Gasteiger partial charge in [-0.05, 0) is 32.4 Å². The second-order valence-electron chi connectivity index (χ2n) is 6.79. The number of halogens is 6. The Morgan fingerprint density at radius 1 is 1.16 bits per heavy atom. The molecule has 0 radical (unpaired) electrons. The summed E-state index contributed by atoms with van der Waals surface area (Å²) in [5.74, 6) is -3.04. The molecule has 0 amide bonds. The average Bonchev–Trinajstić information content (AvgIpc) is 2.75. The van der Waals surface area contributed by atoms with Gasteiger partial charge in [-0.2, -0.15) is 26.9 Å². The summed E-state index contributed by atoms with van der Waals surface area (Å²) in [7, 11) is -8.43. The van der Waals surface area contributed by atoms with E-state index in [1.54, 1.807) is 0 Å². The predicted molar refractivity (Wildman–Crippen MR) is 124 cm³/mol. The number of sulfonamides is 1. The molecule has 0 spiro atoms. The fraction of sp³-hybridized carbons (Fsp3) is 0.500. The lowest BCUT2D eigenvalue weighted by Gasteiger charge is -2.26. The third kappa shape index (κ3) is 9.68. The first-order valence-corrected chi connectivity index (χ1v) is 14.1. The Hall–Kier alpha value is -1.98. The van der Waals surface area contributed by atoms with Gasteiger partial charge in [0, 0.05) is 21.6 Å². The minimum atomic E-state index is -5.08. The molecule has 19 heteroatoms. The Morgan fingerprint density at radius 3 is 2.16 bits per heavy atom. The van der Waals surface area contributed by atoms with Gasteiger partial charge in [0.05, 0.1) is 31.1 Å². The summed E-state index contributed by atoms with van der Waals surface area (Å²) in [6.45, 7) is 2.38. The standard InChI is InChI=1S/C16H21BrF2N3O6PS.C2HF3O2/c1-3-27-29(23,28-4-2)16(18,19)12-9-14-11(8-13(12)17)10-21-15(22-14)26-6-5-7-30(20,24)25;3-2(4,5)1(6)7/h8-10H,3-7H2,1-2H3,(H2,20,24,25);(H,6,7). The summed E-state index contributed by atoms with van der Waals surface area (Å²) in [4.78, 5) is 16.9. The molecule has 2 aromatic rings. The first kappa shape index (κ1) is 33.0. The minimum absolute atomic E-state index is 0.0231. The summed E-state index contributed by atoms with van der Waals surface area (Å²) in [6.07, 6.45) is -3.62. The zero-order valence-electron chi connectivity index (χ0n) is 19.2. The number of alkyl halides is 5. The number of carbonyl (C=O) groups is 1. The molecular weight excluding hydrogens is 624 g/mol. The Balaban J connectivity index is 0.000000856. The second kappa shape index (κ2) is 13.2. The van der Waals surface area contributed by atoms with Gasteiger partial charge >= 0.3 is 31.4 Å². The molecule has 0 saturated heterocycles. The van der Waals surface area contributed by atoms with E-state index in [0.717, 1.165) is 6.07 Å². The van der Waals surface area contributed by atoms with E-state index in [4.69, 9.17) is 28.8 Å². The number of benzene rings is 1. The fourth-order valence-electron chi connectivity index (χ4n) is 2.44. The SMILES string of the molecule is CCOP(=O)(OCC)C(F)(F)c1cc2nc(OCCCS(N)(=O)=O)ncc2cc1Br.O=C(O)C(F)(F)F. The first-order valence-electron chi connectivity index (χ1n) is 10.0. The Kier molecular flexibility index (Phi) is 11.8. The molecule has 0 atom stereocenters. The van der Waals surface area contributed by atoms with Gasteiger partial charge in [-0.25, -0.2) is 23.3 Å². The molecule has 0 aliphatic heterocycles. The summed E-state index contributed by atoms with van der Waals surface area (Å²) in [6, 6.07) is 2.26. The summed E-state index contributed by atoms with van der Waals surface area (Å²) in [5, 5.41) is 12.4. The minimum Gasteiger partial charge on any atom is -0.475 e. The molecule has 3 N–H and O–H groups in total. The highest BCUT2D eigenvalue weighted by molar-refractivity contribution is 9.10. The molecule has 0 fully saturated rings. The zero-order valence-corrected chi connectivity index (χ0v) is 22.5. The van der Waals surface area contributed by atoms with E-state index >= 15 is 8.78 Å². The van der Waals surface area contributed by atoms with Crippen molar-refractivity contribution in [3.05, 3.63) is 28.4 Å². The van der Waals surface area contributed by atoms with Crippen LogP contribution in [-0.4, -0.2) is 61.2 Å². The molecule has 1 heterocycles. The van der Waals surface area contributed by atoms with Crippen molar-refractivity contribution in [2.45, 2.75) is 32.1 Å². The van der Waals surface area contributed by atoms with Crippen molar-refractivity contribution < 1.29 is 58.6 Å². The van der Waals surface area contributed by atoms with Crippen molar-refractivity contribution in [3.63, 3.8) is 0 Å². The third-order valence-corrected chi connectivity index (χ3v) is 7.60. The number of nitrogens with two attached hydrogens (primary N) is 1. The van der Waals surface area contributed by atoms with Gasteiger partial charge in [-0.3, -0.25) is 4.57 Å². The Bertz CT molecular complexity index is 1240. The maximum atomic E-state index is 15.1. The van der Waals surface area contributed by atoms with Crippen molar-refractivity contribution in [1.29, 1.82) is 0 Å². The molecule has 0 bridgehead atoms. The van der Waals surface area contributed by atoms with E-state index in [1.807, 2.05) is 0 Å². The normalized spacial score (nSPS) is 12.7. The van der Waals surface area contributed by atoms with E-state index in [0.29, 0.717) is 5.39 Å². The maximum Gasteiger partial charge on any atom is 0.490 e. The third-order valence-electron chi connectivity index (χ3n) is 3.96. The predicted octanol–water partition coefficient (Wildman–Crippen LogP) is 4.40. The number of fused-ring (bicyclic) bond motifs is 1. The molecule has 2 rings (SSSR count). The van der Waals surface area contributed by atoms with Gasteiger partial charge in [0.1, 0.15) is 0 Å². The summed E-state index contributed by atoms with van der Waals surface area (Å²) >= 11 is 3.07. The highest BCUT2D eigenvalue weighted by atomic mass is 79.9. The van der Waals surface area contributed by atoms with E-state index in [2.05, 4.69) is 25.9 Å². The monoisotopic (exact) mass is 645 g/mol. The molecular formula is C18H22BrF5N3O8PS. The first-order chi connectivity index (χ1) is 16.9. The van der Waals surface area contributed by atoms with E-state index in [9.17, 15) is 26.2 Å². The largest absolute Gasteiger partial charge is 0.490 e. The van der Waals surface area contributed by atoms with Gasteiger partial charge in [0.2, 0.25) is 10.0 Å². The van der Waals surface area contributed by atoms with Crippen molar-refractivity contribution >= 4 is 50.4 Å². The topological polar surface area (TPSA) is 168 Å². The number of carboxylic acid groups (broad SMARTS) is 1. The van der Waals surface area contributed by atoms with Crippen molar-refractivity contribution in [2.24, 2.45) is 5.14 Å². The van der Waals surface area contributed by atoms with E-state index in [1.165, 1.54) is 26.1 Å². The van der Waals surface area contributed by atoms with Crippen molar-refractivity contribution in [3.8, 4) is 6.01 Å². The fourth-order valence-corrected chi connectivity index (χ4v) is 5.29. The van der Waals surface area contributed by atoms with Gasteiger partial charge < -0.3 is 18.9 Å². The van der Waals surface area contributed by atoms with Gasteiger partial charge in [0.15, 0.2) is 0 Å². The quantitative estimate of drug-likeness (QED) is 0.203. The van der Waals surface area contributed by atoms with Crippen LogP contribution >= 0.6 is 23.5 Å². The van der Waals surface area contributed by atoms with Crippen LogP contribution in [0.4, 0.5) is 22.0 Å². The number of carboxylic acids is 1. The van der Waals surface area contributed by atoms with E-state index in [-0.39, 0.29) is 48.0 Å².